The normalized spacial score (nSPS) is 10.6. The fourth-order valence-corrected chi connectivity index (χ4v) is 3.02. The van der Waals surface area contributed by atoms with E-state index in [9.17, 15) is 9.90 Å². The minimum absolute atomic E-state index is 0.0527. The summed E-state index contributed by atoms with van der Waals surface area (Å²) in [5.41, 5.74) is 1.92. The van der Waals surface area contributed by atoms with Gasteiger partial charge in [0.05, 0.1) is 5.75 Å². The third-order valence-electron chi connectivity index (χ3n) is 3.63. The molecule has 7 heteroatoms. The molecule has 0 aliphatic rings. The monoisotopic (exact) mass is 354 g/mol. The summed E-state index contributed by atoms with van der Waals surface area (Å²) in [6.07, 6.45) is 0. The maximum atomic E-state index is 12.0. The van der Waals surface area contributed by atoms with Gasteiger partial charge >= 0.3 is 0 Å². The molecule has 2 N–H and O–H groups in total. The molecule has 0 saturated carbocycles. The average molecular weight is 354 g/mol. The Bertz CT molecular complexity index is 847. The smallest absolute Gasteiger partial charge is 0.230 e. The molecular formula is C18H18N4O2S. The number of rotatable bonds is 6. The van der Waals surface area contributed by atoms with Gasteiger partial charge in [0.1, 0.15) is 5.75 Å². The Kier molecular flexibility index (Phi) is 5.35. The molecule has 1 amide bonds. The van der Waals surface area contributed by atoms with Crippen LogP contribution in [0.3, 0.4) is 0 Å². The first-order valence-electron chi connectivity index (χ1n) is 7.75. The van der Waals surface area contributed by atoms with E-state index in [0.717, 1.165) is 11.1 Å². The molecule has 1 heterocycles. The van der Waals surface area contributed by atoms with Crippen molar-refractivity contribution < 1.29 is 9.90 Å². The lowest BCUT2D eigenvalue weighted by Gasteiger charge is -2.06. The average Bonchev–Trinajstić information content (AvgIpc) is 3.00. The Labute approximate surface area is 149 Å². The van der Waals surface area contributed by atoms with Crippen LogP contribution < -0.4 is 5.32 Å². The highest BCUT2D eigenvalue weighted by molar-refractivity contribution is 7.99. The van der Waals surface area contributed by atoms with Crippen molar-refractivity contribution in [3.63, 3.8) is 0 Å². The lowest BCUT2D eigenvalue weighted by molar-refractivity contribution is -0.118. The molecule has 2 aromatic carbocycles. The van der Waals surface area contributed by atoms with Crippen molar-refractivity contribution in [2.45, 2.75) is 11.7 Å². The number of phenolic OH excluding ortho intramolecular Hbond substituents is 1. The molecule has 0 aliphatic heterocycles. The van der Waals surface area contributed by atoms with Gasteiger partial charge in [-0.15, -0.1) is 10.2 Å². The molecule has 3 aromatic rings. The van der Waals surface area contributed by atoms with Crippen molar-refractivity contribution in [1.82, 2.24) is 20.1 Å². The Morgan fingerprint density at radius 1 is 1.12 bits per heavy atom. The first kappa shape index (κ1) is 17.0. The number of thioether (sulfide) groups is 1. The zero-order valence-electron chi connectivity index (χ0n) is 13.7. The van der Waals surface area contributed by atoms with Crippen LogP contribution in [0.4, 0.5) is 0 Å². The van der Waals surface area contributed by atoms with Crippen LogP contribution in [-0.2, 0) is 18.4 Å². The summed E-state index contributed by atoms with van der Waals surface area (Å²) in [5, 5.41) is 21.2. The second-order valence-electron chi connectivity index (χ2n) is 5.46. The highest BCUT2D eigenvalue weighted by Gasteiger charge is 2.12. The van der Waals surface area contributed by atoms with Crippen LogP contribution in [0.2, 0.25) is 0 Å². The molecule has 0 saturated heterocycles. The molecule has 1 aromatic heterocycles. The fourth-order valence-electron chi connectivity index (χ4n) is 2.28. The van der Waals surface area contributed by atoms with Crippen molar-refractivity contribution in [2.75, 3.05) is 5.75 Å². The van der Waals surface area contributed by atoms with Crippen molar-refractivity contribution in [3.05, 3.63) is 60.2 Å². The maximum Gasteiger partial charge on any atom is 0.230 e. The van der Waals surface area contributed by atoms with Crippen LogP contribution in [0.1, 0.15) is 5.56 Å². The van der Waals surface area contributed by atoms with Crippen molar-refractivity contribution in [3.8, 4) is 17.1 Å². The van der Waals surface area contributed by atoms with Gasteiger partial charge in [-0.1, -0.05) is 42.1 Å². The number of carbonyl (C=O) groups excluding carboxylic acids is 1. The predicted octanol–water partition coefficient (Wildman–Crippen LogP) is 2.60. The van der Waals surface area contributed by atoms with E-state index in [1.54, 1.807) is 24.3 Å². The van der Waals surface area contributed by atoms with Crippen molar-refractivity contribution >= 4 is 17.7 Å². The molecule has 6 nitrogen and oxygen atoms in total. The highest BCUT2D eigenvalue weighted by Crippen LogP contribution is 2.23. The zero-order valence-corrected chi connectivity index (χ0v) is 14.5. The molecule has 128 valence electrons. The predicted molar refractivity (Wildman–Crippen MR) is 97.1 cm³/mol. The number of benzene rings is 2. The topological polar surface area (TPSA) is 80.0 Å². The second kappa shape index (κ2) is 7.85. The molecule has 0 bridgehead atoms. The lowest BCUT2D eigenvalue weighted by Crippen LogP contribution is -2.24. The first-order valence-corrected chi connectivity index (χ1v) is 8.74. The van der Waals surface area contributed by atoms with Crippen molar-refractivity contribution in [1.29, 1.82) is 0 Å². The third-order valence-corrected chi connectivity index (χ3v) is 4.65. The largest absolute Gasteiger partial charge is 0.508 e. The summed E-state index contributed by atoms with van der Waals surface area (Å²) in [6.45, 7) is 0.512. The van der Waals surface area contributed by atoms with Gasteiger partial charge in [-0.2, -0.15) is 0 Å². The van der Waals surface area contributed by atoms with Gasteiger partial charge in [-0.05, 0) is 29.8 Å². The van der Waals surface area contributed by atoms with Gasteiger partial charge in [0.15, 0.2) is 11.0 Å². The van der Waals surface area contributed by atoms with Crippen LogP contribution >= 0.6 is 11.8 Å². The molecule has 25 heavy (non-hydrogen) atoms. The standard InChI is InChI=1S/C18H18N4O2S/c1-22-17(14-7-9-15(23)10-8-14)20-21-18(22)25-12-16(24)19-11-13-5-3-2-4-6-13/h2-10,23H,11-12H2,1H3,(H,19,24). The fraction of sp³-hybridized carbons (Fsp3) is 0.167. The summed E-state index contributed by atoms with van der Waals surface area (Å²) < 4.78 is 1.83. The van der Waals surface area contributed by atoms with Crippen LogP contribution in [-0.4, -0.2) is 31.5 Å². The number of carbonyl (C=O) groups is 1. The van der Waals surface area contributed by atoms with E-state index in [0.29, 0.717) is 17.5 Å². The number of hydrogen-bond donors (Lipinski definition) is 2. The second-order valence-corrected chi connectivity index (χ2v) is 6.41. The van der Waals surface area contributed by atoms with Crippen LogP contribution in [0.25, 0.3) is 11.4 Å². The van der Waals surface area contributed by atoms with E-state index in [1.807, 2.05) is 41.9 Å². The minimum Gasteiger partial charge on any atom is -0.508 e. The number of phenols is 1. The van der Waals surface area contributed by atoms with E-state index in [1.165, 1.54) is 11.8 Å². The number of hydrogen-bond acceptors (Lipinski definition) is 5. The van der Waals surface area contributed by atoms with Crippen LogP contribution in [0.15, 0.2) is 59.8 Å². The summed E-state index contributed by atoms with van der Waals surface area (Å²) in [7, 11) is 1.85. The summed E-state index contributed by atoms with van der Waals surface area (Å²) >= 11 is 1.34. The Morgan fingerprint density at radius 3 is 2.56 bits per heavy atom. The van der Waals surface area contributed by atoms with Crippen molar-refractivity contribution in [2.24, 2.45) is 7.05 Å². The molecule has 0 atom stereocenters. The van der Waals surface area contributed by atoms with Gasteiger partial charge in [0.2, 0.25) is 5.91 Å². The van der Waals surface area contributed by atoms with E-state index in [-0.39, 0.29) is 17.4 Å². The molecular weight excluding hydrogens is 336 g/mol. The summed E-state index contributed by atoms with van der Waals surface area (Å²) in [4.78, 5) is 12.0. The molecule has 0 unspecified atom stereocenters. The zero-order chi connectivity index (χ0) is 17.6. The summed E-state index contributed by atoms with van der Waals surface area (Å²) in [6, 6.07) is 16.5. The van der Waals surface area contributed by atoms with Gasteiger partial charge < -0.3 is 15.0 Å². The maximum absolute atomic E-state index is 12.0. The first-order chi connectivity index (χ1) is 12.1. The van der Waals surface area contributed by atoms with Gasteiger partial charge in [0, 0.05) is 19.2 Å². The summed E-state index contributed by atoms with van der Waals surface area (Å²) in [5.74, 6) is 1.11. The number of aromatic hydroxyl groups is 1. The Hall–Kier alpha value is -2.80. The number of aromatic nitrogens is 3. The number of amides is 1. The molecule has 0 fully saturated rings. The molecule has 0 radical (unpaired) electrons. The van der Waals surface area contributed by atoms with Crippen LogP contribution in [0, 0.1) is 0 Å². The molecule has 0 aliphatic carbocycles. The van der Waals surface area contributed by atoms with E-state index < -0.39 is 0 Å². The lowest BCUT2D eigenvalue weighted by atomic mass is 10.2. The van der Waals surface area contributed by atoms with Gasteiger partial charge in [0.25, 0.3) is 0 Å². The third kappa shape index (κ3) is 4.39. The van der Waals surface area contributed by atoms with E-state index in [4.69, 9.17) is 0 Å². The Morgan fingerprint density at radius 2 is 1.84 bits per heavy atom. The van der Waals surface area contributed by atoms with E-state index >= 15 is 0 Å². The van der Waals surface area contributed by atoms with Crippen LogP contribution in [0.5, 0.6) is 5.75 Å². The number of nitrogens with zero attached hydrogens (tertiary/aromatic N) is 3. The number of nitrogens with one attached hydrogen (secondary N) is 1. The molecule has 3 rings (SSSR count). The van der Waals surface area contributed by atoms with Gasteiger partial charge in [-0.3, -0.25) is 4.79 Å². The minimum atomic E-state index is -0.0527. The van der Waals surface area contributed by atoms with E-state index in [2.05, 4.69) is 15.5 Å². The molecule has 0 spiro atoms. The SMILES string of the molecule is Cn1c(SCC(=O)NCc2ccccc2)nnc1-c1ccc(O)cc1. The quantitative estimate of drug-likeness (QED) is 0.665. The highest BCUT2D eigenvalue weighted by atomic mass is 32.2. The Balaban J connectivity index is 1.56. The van der Waals surface area contributed by atoms with Gasteiger partial charge in [-0.25, -0.2) is 0 Å².